The number of thiocarbonyl (C=S) groups is 1. The van der Waals surface area contributed by atoms with Crippen molar-refractivity contribution in [3.63, 3.8) is 0 Å². The van der Waals surface area contributed by atoms with Crippen molar-refractivity contribution in [1.82, 2.24) is 5.32 Å². The van der Waals surface area contributed by atoms with Crippen molar-refractivity contribution in [2.45, 2.75) is 31.7 Å². The second-order valence-electron chi connectivity index (χ2n) is 8.32. The highest BCUT2D eigenvalue weighted by molar-refractivity contribution is 7.81. The summed E-state index contributed by atoms with van der Waals surface area (Å²) >= 11 is 5.53. The summed E-state index contributed by atoms with van der Waals surface area (Å²) in [6.45, 7) is 3.16. The lowest BCUT2D eigenvalue weighted by molar-refractivity contribution is -0.137. The van der Waals surface area contributed by atoms with Gasteiger partial charge in [0.15, 0.2) is 16.6 Å². The summed E-state index contributed by atoms with van der Waals surface area (Å²) in [5.41, 5.74) is -2.63. The molecule has 0 spiro atoms. The number of alkyl halides is 3. The normalized spacial score (nSPS) is 18.9. The maximum atomic E-state index is 13.5. The number of carbonyl (C=O) groups excluding carboxylic acids is 2. The summed E-state index contributed by atoms with van der Waals surface area (Å²) in [4.78, 5) is 27.7. The van der Waals surface area contributed by atoms with Crippen molar-refractivity contribution in [2.75, 3.05) is 23.5 Å². The maximum absolute atomic E-state index is 13.5. The number of anilines is 2. The first kappa shape index (κ1) is 24.3. The lowest BCUT2D eigenvalue weighted by Crippen LogP contribution is -2.44. The van der Waals surface area contributed by atoms with E-state index in [-0.39, 0.29) is 23.3 Å². The van der Waals surface area contributed by atoms with Crippen LogP contribution in [0.25, 0.3) is 0 Å². The molecule has 0 unspecified atom stereocenters. The number of benzene rings is 2. The van der Waals surface area contributed by atoms with Gasteiger partial charge in [-0.3, -0.25) is 14.5 Å². The van der Waals surface area contributed by atoms with Crippen molar-refractivity contribution in [2.24, 2.45) is 0 Å². The number of likely N-dealkylation sites (N-methyl/N-ethyl adjacent to an activating group) is 1. The number of hydrogen-bond donors (Lipinski definition) is 1. The van der Waals surface area contributed by atoms with Crippen LogP contribution in [0.3, 0.4) is 0 Å². The molecule has 8 nitrogen and oxygen atoms in total. The van der Waals surface area contributed by atoms with E-state index in [1.807, 2.05) is 0 Å². The number of nitrogens with zero attached hydrogens (tertiary/aromatic N) is 3. The van der Waals surface area contributed by atoms with Crippen LogP contribution in [-0.2, 0) is 15.8 Å². The van der Waals surface area contributed by atoms with Crippen molar-refractivity contribution in [3.05, 3.63) is 47.5 Å². The highest BCUT2D eigenvalue weighted by Crippen LogP contribution is 2.42. The molecule has 12 heteroatoms. The third-order valence-electron chi connectivity index (χ3n) is 5.74. The van der Waals surface area contributed by atoms with Crippen LogP contribution in [0.4, 0.5) is 24.5 Å². The van der Waals surface area contributed by atoms with Crippen molar-refractivity contribution < 1.29 is 32.2 Å². The number of hydrogen-bond acceptors (Lipinski definition) is 6. The molecule has 2 aliphatic heterocycles. The minimum Gasteiger partial charge on any atom is -0.485 e. The van der Waals surface area contributed by atoms with Gasteiger partial charge in [-0.1, -0.05) is 0 Å². The zero-order valence-corrected chi connectivity index (χ0v) is 19.6. The molecule has 1 saturated heterocycles. The summed E-state index contributed by atoms with van der Waals surface area (Å²) < 4.78 is 51.8. The van der Waals surface area contributed by atoms with Crippen LogP contribution in [0.2, 0.25) is 0 Å². The van der Waals surface area contributed by atoms with E-state index in [2.05, 4.69) is 5.32 Å². The summed E-state index contributed by atoms with van der Waals surface area (Å²) in [6, 6.07) is 9.28. The molecule has 0 radical (unpaired) electrons. The highest BCUT2D eigenvalue weighted by atomic mass is 32.1. The van der Waals surface area contributed by atoms with Gasteiger partial charge in [0.25, 0.3) is 11.8 Å². The molecule has 2 heterocycles. The largest absolute Gasteiger partial charge is 0.485 e. The Bertz CT molecular complexity index is 1290. The Morgan fingerprint density at radius 2 is 1.89 bits per heavy atom. The van der Waals surface area contributed by atoms with Gasteiger partial charge in [-0.25, -0.2) is 0 Å². The van der Waals surface area contributed by atoms with Crippen LogP contribution in [0.5, 0.6) is 11.5 Å². The van der Waals surface area contributed by atoms with Gasteiger partial charge in [0.05, 0.1) is 22.9 Å². The summed E-state index contributed by atoms with van der Waals surface area (Å²) in [5.74, 6) is -0.245. The fourth-order valence-corrected chi connectivity index (χ4v) is 4.47. The minimum absolute atomic E-state index is 0.0273. The van der Waals surface area contributed by atoms with Gasteiger partial charge < -0.3 is 19.7 Å². The predicted octanol–water partition coefficient (Wildman–Crippen LogP) is 3.38. The number of amides is 2. The Labute approximate surface area is 203 Å². The Morgan fingerprint density at radius 1 is 1.20 bits per heavy atom. The first-order valence-electron chi connectivity index (χ1n) is 10.4. The monoisotopic (exact) mass is 504 g/mol. The van der Waals surface area contributed by atoms with Crippen molar-refractivity contribution >= 4 is 40.5 Å². The number of halogens is 3. The Kier molecular flexibility index (Phi) is 5.84. The number of carbonyl (C=O) groups is 2. The number of rotatable bonds is 3. The smallest absolute Gasteiger partial charge is 0.417 e. The molecule has 2 aromatic rings. The minimum atomic E-state index is -4.79. The average Bonchev–Trinajstić information content (AvgIpc) is 3.00. The molecular formula is C23H19F3N4O4S. The molecule has 2 aromatic carbocycles. The second kappa shape index (κ2) is 8.42. The third-order valence-corrected chi connectivity index (χ3v) is 6.10. The number of nitriles is 1. The first-order valence-corrected chi connectivity index (χ1v) is 10.8. The molecule has 182 valence electrons. The Hall–Kier alpha value is -3.85. The molecule has 0 aromatic heterocycles. The topological polar surface area (TPSA) is 94.9 Å². The second-order valence-corrected chi connectivity index (χ2v) is 8.68. The molecule has 1 N–H and O–H groups in total. The molecule has 1 fully saturated rings. The number of nitrogens with one attached hydrogen (secondary N) is 1. The van der Waals surface area contributed by atoms with E-state index in [4.69, 9.17) is 27.0 Å². The van der Waals surface area contributed by atoms with Gasteiger partial charge in [-0.15, -0.1) is 0 Å². The van der Waals surface area contributed by atoms with Gasteiger partial charge in [0.1, 0.15) is 12.1 Å². The third kappa shape index (κ3) is 4.01. The van der Waals surface area contributed by atoms with Gasteiger partial charge in [0.2, 0.25) is 6.10 Å². The summed E-state index contributed by atoms with van der Waals surface area (Å²) in [6.07, 6.45) is -5.61. The lowest BCUT2D eigenvalue weighted by Gasteiger charge is -2.31. The standard InChI is InChI=1S/C23H19F3N4O4S/c1-22(2)20(32)29(13-5-4-12(10-27)15(8-13)23(24,25)26)21(35)30(22)14-6-7-16-17(9-14)33-11-18(34-16)19(31)28-3/h4-9,18H,11H2,1-3H3,(H,28,31)/t18-/m1/s1. The number of ether oxygens (including phenoxy) is 2. The maximum Gasteiger partial charge on any atom is 0.417 e. The lowest BCUT2D eigenvalue weighted by atomic mass is 10.0. The predicted molar refractivity (Wildman–Crippen MR) is 123 cm³/mol. The van der Waals surface area contributed by atoms with Crippen LogP contribution >= 0.6 is 12.2 Å². The van der Waals surface area contributed by atoms with E-state index in [0.717, 1.165) is 17.0 Å². The van der Waals surface area contributed by atoms with E-state index in [0.29, 0.717) is 17.2 Å². The zero-order valence-electron chi connectivity index (χ0n) is 18.8. The van der Waals surface area contributed by atoms with Crippen LogP contribution < -0.4 is 24.6 Å². The molecule has 0 saturated carbocycles. The number of fused-ring (bicyclic) bond motifs is 1. The fourth-order valence-electron chi connectivity index (χ4n) is 3.95. The quantitative estimate of drug-likeness (QED) is 0.641. The van der Waals surface area contributed by atoms with E-state index < -0.39 is 34.9 Å². The van der Waals surface area contributed by atoms with E-state index >= 15 is 0 Å². The summed E-state index contributed by atoms with van der Waals surface area (Å²) in [7, 11) is 1.48. The molecule has 1 atom stereocenters. The van der Waals surface area contributed by atoms with Gasteiger partial charge in [-0.05, 0) is 56.4 Å². The van der Waals surface area contributed by atoms with Gasteiger partial charge >= 0.3 is 6.18 Å². The SMILES string of the molecule is CNC(=O)[C@H]1COc2cc(N3C(=S)N(c4ccc(C#N)c(C(F)(F)F)c4)C(=O)C3(C)C)ccc2O1. The van der Waals surface area contributed by atoms with Crippen LogP contribution in [0.1, 0.15) is 25.0 Å². The molecule has 0 aliphatic carbocycles. The van der Waals surface area contributed by atoms with Crippen LogP contribution in [-0.4, -0.2) is 42.2 Å². The molecule has 2 amide bonds. The van der Waals surface area contributed by atoms with Crippen LogP contribution in [0.15, 0.2) is 36.4 Å². The molecule has 35 heavy (non-hydrogen) atoms. The van der Waals surface area contributed by atoms with Crippen molar-refractivity contribution in [3.8, 4) is 17.6 Å². The highest BCUT2D eigenvalue weighted by Gasteiger charge is 2.51. The first-order chi connectivity index (χ1) is 16.4. The molecule has 0 bridgehead atoms. The van der Waals surface area contributed by atoms with E-state index in [9.17, 15) is 22.8 Å². The van der Waals surface area contributed by atoms with Gasteiger partial charge in [0, 0.05) is 18.8 Å². The fraction of sp³-hybridized carbons (Fsp3) is 0.304. The van der Waals surface area contributed by atoms with E-state index in [1.54, 1.807) is 32.0 Å². The zero-order chi connectivity index (χ0) is 25.7. The molecular weight excluding hydrogens is 485 g/mol. The van der Waals surface area contributed by atoms with E-state index in [1.165, 1.54) is 24.1 Å². The Morgan fingerprint density at radius 3 is 2.51 bits per heavy atom. The summed E-state index contributed by atoms with van der Waals surface area (Å²) in [5, 5.41) is 11.5. The molecule has 2 aliphatic rings. The molecule has 4 rings (SSSR count). The van der Waals surface area contributed by atoms with Gasteiger partial charge in [-0.2, -0.15) is 18.4 Å². The van der Waals surface area contributed by atoms with Crippen molar-refractivity contribution in [1.29, 1.82) is 5.26 Å². The Balaban J connectivity index is 1.71. The van der Waals surface area contributed by atoms with Crippen LogP contribution in [0, 0.1) is 11.3 Å². The average molecular weight is 504 g/mol.